The van der Waals surface area contributed by atoms with Crippen molar-refractivity contribution < 1.29 is 9.73 Å². The summed E-state index contributed by atoms with van der Waals surface area (Å²) < 4.78 is 6.45. The van der Waals surface area contributed by atoms with Crippen LogP contribution in [0.4, 0.5) is 0 Å². The Kier molecular flexibility index (Phi) is 4.00. The molecule has 2 nitrogen and oxygen atoms in total. The number of quaternary nitrogens is 1. The summed E-state index contributed by atoms with van der Waals surface area (Å²) in [5, 5.41) is 4.43. The van der Waals surface area contributed by atoms with Crippen LogP contribution in [0.25, 0.3) is 0 Å². The van der Waals surface area contributed by atoms with E-state index in [-0.39, 0.29) is 0 Å². The SMILES string of the molecule is Brc1csc(C[NH2+]CCc2ccco2)c1. The Morgan fingerprint density at radius 1 is 1.47 bits per heavy atom. The molecular formula is C11H13BrNOS+. The van der Waals surface area contributed by atoms with Crippen LogP contribution in [0.2, 0.25) is 0 Å². The molecule has 0 spiro atoms. The summed E-state index contributed by atoms with van der Waals surface area (Å²) in [6.45, 7) is 2.13. The minimum absolute atomic E-state index is 1.000. The Hall–Kier alpha value is -0.580. The lowest BCUT2D eigenvalue weighted by molar-refractivity contribution is -0.669. The summed E-state index contributed by atoms with van der Waals surface area (Å²) >= 11 is 5.25. The van der Waals surface area contributed by atoms with Crippen molar-refractivity contribution in [2.45, 2.75) is 13.0 Å². The van der Waals surface area contributed by atoms with Gasteiger partial charge < -0.3 is 9.73 Å². The monoisotopic (exact) mass is 286 g/mol. The maximum absolute atomic E-state index is 5.26. The average molecular weight is 287 g/mol. The van der Waals surface area contributed by atoms with Crippen LogP contribution in [0.1, 0.15) is 10.6 Å². The van der Waals surface area contributed by atoms with Crippen molar-refractivity contribution >= 4 is 27.3 Å². The summed E-state index contributed by atoms with van der Waals surface area (Å²) in [5.41, 5.74) is 0. The maximum Gasteiger partial charge on any atom is 0.111 e. The number of nitrogens with two attached hydrogens (primary N) is 1. The van der Waals surface area contributed by atoms with E-state index in [1.165, 1.54) is 9.35 Å². The van der Waals surface area contributed by atoms with E-state index in [9.17, 15) is 0 Å². The predicted octanol–water partition coefficient (Wildman–Crippen LogP) is 2.41. The van der Waals surface area contributed by atoms with Crippen LogP contribution < -0.4 is 5.32 Å². The second kappa shape index (κ2) is 5.49. The highest BCUT2D eigenvalue weighted by Crippen LogP contribution is 2.18. The molecule has 0 saturated carbocycles. The Balaban J connectivity index is 1.67. The van der Waals surface area contributed by atoms with Crippen LogP contribution in [-0.4, -0.2) is 6.54 Å². The minimum Gasteiger partial charge on any atom is -0.469 e. The second-order valence-corrected chi connectivity index (χ2v) is 5.25. The predicted molar refractivity (Wildman–Crippen MR) is 64.9 cm³/mol. The number of halogens is 1. The molecule has 2 N–H and O–H groups in total. The summed E-state index contributed by atoms with van der Waals surface area (Å²) in [5.74, 6) is 1.07. The summed E-state index contributed by atoms with van der Waals surface area (Å²) in [6.07, 6.45) is 2.73. The fourth-order valence-corrected chi connectivity index (χ4v) is 2.85. The lowest BCUT2D eigenvalue weighted by Gasteiger charge is -1.97. The molecule has 0 aliphatic heterocycles. The van der Waals surface area contributed by atoms with Gasteiger partial charge in [0.1, 0.15) is 12.3 Å². The molecule has 4 heteroatoms. The van der Waals surface area contributed by atoms with E-state index < -0.39 is 0 Å². The maximum atomic E-state index is 5.26. The molecule has 0 radical (unpaired) electrons. The zero-order valence-corrected chi connectivity index (χ0v) is 10.7. The first-order valence-corrected chi connectivity index (χ1v) is 6.59. The van der Waals surface area contributed by atoms with Gasteiger partial charge in [0, 0.05) is 9.85 Å². The number of hydrogen-bond donors (Lipinski definition) is 1. The molecule has 15 heavy (non-hydrogen) atoms. The van der Waals surface area contributed by atoms with E-state index in [2.05, 4.69) is 32.7 Å². The number of hydrogen-bond acceptors (Lipinski definition) is 2. The minimum atomic E-state index is 1.000. The van der Waals surface area contributed by atoms with Crippen molar-refractivity contribution in [2.24, 2.45) is 0 Å². The van der Waals surface area contributed by atoms with Crippen LogP contribution in [0.15, 0.2) is 38.7 Å². The van der Waals surface area contributed by atoms with Crippen molar-refractivity contribution in [3.8, 4) is 0 Å². The van der Waals surface area contributed by atoms with Crippen molar-refractivity contribution in [3.05, 3.63) is 45.0 Å². The Bertz CT molecular complexity index is 396. The number of thiophene rings is 1. The molecule has 0 aliphatic rings. The van der Waals surface area contributed by atoms with Gasteiger partial charge in [-0.2, -0.15) is 0 Å². The van der Waals surface area contributed by atoms with Gasteiger partial charge >= 0.3 is 0 Å². The van der Waals surface area contributed by atoms with Crippen LogP contribution >= 0.6 is 27.3 Å². The number of furan rings is 1. The first-order chi connectivity index (χ1) is 7.34. The molecule has 0 unspecified atom stereocenters. The van der Waals surface area contributed by atoms with E-state index >= 15 is 0 Å². The smallest absolute Gasteiger partial charge is 0.111 e. The summed E-state index contributed by atoms with van der Waals surface area (Å²) in [6, 6.07) is 6.13. The first kappa shape index (κ1) is 10.9. The Morgan fingerprint density at radius 3 is 3.07 bits per heavy atom. The van der Waals surface area contributed by atoms with Gasteiger partial charge in [-0.1, -0.05) is 0 Å². The van der Waals surface area contributed by atoms with Crippen molar-refractivity contribution in [1.82, 2.24) is 0 Å². The fourth-order valence-electron chi connectivity index (χ4n) is 1.40. The standard InChI is InChI=1S/C11H12BrNOS/c12-9-6-11(15-8-9)7-13-4-3-10-2-1-5-14-10/h1-2,5-6,8,13H,3-4,7H2/p+1. The van der Waals surface area contributed by atoms with E-state index in [0.29, 0.717) is 0 Å². The van der Waals surface area contributed by atoms with Gasteiger partial charge in [0.2, 0.25) is 0 Å². The molecule has 2 aromatic rings. The topological polar surface area (TPSA) is 29.8 Å². The highest BCUT2D eigenvalue weighted by molar-refractivity contribution is 9.10. The zero-order chi connectivity index (χ0) is 10.5. The fraction of sp³-hybridized carbons (Fsp3) is 0.273. The van der Waals surface area contributed by atoms with Gasteiger partial charge in [0.15, 0.2) is 0 Å². The second-order valence-electron chi connectivity index (χ2n) is 3.34. The third-order valence-electron chi connectivity index (χ3n) is 2.14. The van der Waals surface area contributed by atoms with Gasteiger partial charge in [-0.15, -0.1) is 11.3 Å². The molecular weight excluding hydrogens is 274 g/mol. The van der Waals surface area contributed by atoms with Gasteiger partial charge in [0.05, 0.1) is 24.1 Å². The third kappa shape index (κ3) is 3.48. The average Bonchev–Trinajstić information content (AvgIpc) is 2.84. The Labute approximate surface area is 101 Å². The van der Waals surface area contributed by atoms with E-state index in [0.717, 1.165) is 25.3 Å². The third-order valence-corrected chi connectivity index (χ3v) is 3.86. The molecule has 0 aliphatic carbocycles. The Morgan fingerprint density at radius 2 is 2.40 bits per heavy atom. The molecule has 2 heterocycles. The van der Waals surface area contributed by atoms with Gasteiger partial charge in [-0.25, -0.2) is 0 Å². The van der Waals surface area contributed by atoms with Gasteiger partial charge in [0.25, 0.3) is 0 Å². The van der Waals surface area contributed by atoms with Crippen LogP contribution in [0, 0.1) is 0 Å². The van der Waals surface area contributed by atoms with Crippen LogP contribution in [0.5, 0.6) is 0 Å². The van der Waals surface area contributed by atoms with Crippen molar-refractivity contribution in [3.63, 3.8) is 0 Å². The summed E-state index contributed by atoms with van der Waals surface area (Å²) in [4.78, 5) is 1.40. The van der Waals surface area contributed by atoms with E-state index in [1.807, 2.05) is 12.1 Å². The number of rotatable bonds is 5. The van der Waals surface area contributed by atoms with Crippen molar-refractivity contribution in [2.75, 3.05) is 6.54 Å². The van der Waals surface area contributed by atoms with Gasteiger partial charge in [-0.05, 0) is 34.1 Å². The molecule has 2 aromatic heterocycles. The molecule has 0 amide bonds. The molecule has 0 aromatic carbocycles. The summed E-state index contributed by atoms with van der Waals surface area (Å²) in [7, 11) is 0. The highest BCUT2D eigenvalue weighted by Gasteiger charge is 2.00. The molecule has 0 bridgehead atoms. The van der Waals surface area contributed by atoms with E-state index in [4.69, 9.17) is 4.42 Å². The lowest BCUT2D eigenvalue weighted by Crippen LogP contribution is -2.82. The quantitative estimate of drug-likeness (QED) is 0.841. The molecule has 0 saturated heterocycles. The molecule has 0 fully saturated rings. The highest BCUT2D eigenvalue weighted by atomic mass is 79.9. The molecule has 2 rings (SSSR count). The van der Waals surface area contributed by atoms with E-state index in [1.54, 1.807) is 17.6 Å². The van der Waals surface area contributed by atoms with Crippen LogP contribution in [-0.2, 0) is 13.0 Å². The largest absolute Gasteiger partial charge is 0.469 e. The molecule has 80 valence electrons. The van der Waals surface area contributed by atoms with Crippen LogP contribution in [0.3, 0.4) is 0 Å². The normalized spacial score (nSPS) is 10.7. The zero-order valence-electron chi connectivity index (χ0n) is 8.28. The van der Waals surface area contributed by atoms with Gasteiger partial charge in [-0.3, -0.25) is 0 Å². The van der Waals surface area contributed by atoms with Crippen molar-refractivity contribution in [1.29, 1.82) is 0 Å². The first-order valence-electron chi connectivity index (χ1n) is 4.91. The lowest BCUT2D eigenvalue weighted by atomic mass is 10.3. The molecule has 0 atom stereocenters.